The van der Waals surface area contributed by atoms with Crippen LogP contribution in [0.15, 0.2) is 52.9 Å². The molecule has 0 unspecified atom stereocenters. The number of nitrogens with zero attached hydrogens (tertiary/aromatic N) is 3. The molecule has 32 heavy (non-hydrogen) atoms. The predicted octanol–water partition coefficient (Wildman–Crippen LogP) is 4.68. The van der Waals surface area contributed by atoms with Crippen molar-refractivity contribution in [3.05, 3.63) is 59.1 Å². The van der Waals surface area contributed by atoms with Crippen molar-refractivity contribution in [2.75, 3.05) is 11.6 Å². The van der Waals surface area contributed by atoms with E-state index in [1.807, 2.05) is 12.1 Å². The molecule has 0 spiro atoms. The summed E-state index contributed by atoms with van der Waals surface area (Å²) >= 11 is 0.700. The van der Waals surface area contributed by atoms with Gasteiger partial charge in [-0.3, -0.25) is 0 Å². The lowest BCUT2D eigenvalue weighted by molar-refractivity contribution is -0.237. The van der Waals surface area contributed by atoms with Crippen molar-refractivity contribution in [2.24, 2.45) is 5.10 Å². The molecule has 1 N–H and O–H groups in total. The van der Waals surface area contributed by atoms with E-state index >= 15 is 0 Å². The Labute approximate surface area is 183 Å². The highest BCUT2D eigenvalue weighted by Gasteiger charge is 2.66. The van der Waals surface area contributed by atoms with E-state index in [2.05, 4.69) is 10.1 Å². The van der Waals surface area contributed by atoms with Crippen LogP contribution >= 0.6 is 11.3 Å². The Kier molecular flexibility index (Phi) is 5.63. The molecule has 0 aliphatic carbocycles. The van der Waals surface area contributed by atoms with E-state index in [1.165, 1.54) is 5.38 Å². The summed E-state index contributed by atoms with van der Waals surface area (Å²) in [6.45, 7) is 1.64. The Hall–Kier alpha value is -3.05. The van der Waals surface area contributed by atoms with E-state index in [4.69, 9.17) is 4.74 Å². The second kappa shape index (κ2) is 8.14. The minimum Gasteiger partial charge on any atom is -0.461 e. The van der Waals surface area contributed by atoms with E-state index < -0.39 is 30.5 Å². The molecule has 4 rings (SSSR count). The maximum Gasteiger partial charge on any atom is 0.357 e. The van der Waals surface area contributed by atoms with Crippen LogP contribution in [0.5, 0.6) is 0 Å². The van der Waals surface area contributed by atoms with Crippen LogP contribution in [-0.4, -0.2) is 46.5 Å². The van der Waals surface area contributed by atoms with Crippen LogP contribution in [0.3, 0.4) is 0 Å². The number of esters is 1. The van der Waals surface area contributed by atoms with Crippen molar-refractivity contribution in [3.8, 4) is 0 Å². The van der Waals surface area contributed by atoms with Crippen LogP contribution in [0.4, 0.5) is 22.7 Å². The first-order valence-electron chi connectivity index (χ1n) is 9.55. The number of halogens is 4. The lowest BCUT2D eigenvalue weighted by Gasteiger charge is -2.36. The van der Waals surface area contributed by atoms with Gasteiger partial charge in [0.25, 0.3) is 0 Å². The largest absolute Gasteiger partial charge is 0.461 e. The van der Waals surface area contributed by atoms with Crippen LogP contribution in [0.25, 0.3) is 10.8 Å². The SMILES string of the molecule is CCOC(=O)c1csc(N2N=C(c3ccc4ccccc4c3)C[C@]2(O)C(F)(F)C(F)F)n1. The van der Waals surface area contributed by atoms with E-state index in [-0.39, 0.29) is 23.1 Å². The number of hydrogen-bond acceptors (Lipinski definition) is 7. The van der Waals surface area contributed by atoms with E-state index in [0.717, 1.165) is 10.8 Å². The summed E-state index contributed by atoms with van der Waals surface area (Å²) < 4.78 is 60.5. The molecule has 0 fully saturated rings. The van der Waals surface area contributed by atoms with Gasteiger partial charge in [-0.25, -0.2) is 18.6 Å². The van der Waals surface area contributed by atoms with Crippen LogP contribution in [0, 0.1) is 0 Å². The van der Waals surface area contributed by atoms with Crippen LogP contribution in [0.1, 0.15) is 29.4 Å². The lowest BCUT2D eigenvalue weighted by atomic mass is 9.95. The Morgan fingerprint density at radius 2 is 2.00 bits per heavy atom. The molecule has 6 nitrogen and oxygen atoms in total. The monoisotopic (exact) mass is 467 g/mol. The summed E-state index contributed by atoms with van der Waals surface area (Å²) in [5.41, 5.74) is -3.22. The number of carbonyl (C=O) groups excluding carboxylic acids is 1. The van der Waals surface area contributed by atoms with Gasteiger partial charge in [-0.15, -0.1) is 11.3 Å². The number of hydrogen-bond donors (Lipinski definition) is 1. The summed E-state index contributed by atoms with van der Waals surface area (Å²) in [4.78, 5) is 15.8. The molecule has 168 valence electrons. The fourth-order valence-corrected chi connectivity index (χ4v) is 4.18. The van der Waals surface area contributed by atoms with Crippen molar-refractivity contribution in [1.29, 1.82) is 0 Å². The Morgan fingerprint density at radius 3 is 2.69 bits per heavy atom. The van der Waals surface area contributed by atoms with Crippen molar-refractivity contribution in [1.82, 2.24) is 4.98 Å². The van der Waals surface area contributed by atoms with Crippen molar-refractivity contribution in [2.45, 2.75) is 31.4 Å². The molecule has 1 aromatic heterocycles. The zero-order valence-corrected chi connectivity index (χ0v) is 17.5. The maximum atomic E-state index is 14.6. The Morgan fingerprint density at radius 1 is 1.28 bits per heavy atom. The minimum atomic E-state index is -4.84. The fraction of sp³-hybridized carbons (Fsp3) is 0.286. The third-order valence-corrected chi connectivity index (χ3v) is 5.85. The average Bonchev–Trinajstić information content (AvgIpc) is 3.39. The summed E-state index contributed by atoms with van der Waals surface area (Å²) in [6.07, 6.45) is -5.04. The quantitative estimate of drug-likeness (QED) is 0.421. The third kappa shape index (κ3) is 3.61. The number of aromatic nitrogens is 1. The van der Waals surface area contributed by atoms with E-state index in [1.54, 1.807) is 37.3 Å². The van der Waals surface area contributed by atoms with Gasteiger partial charge in [0.1, 0.15) is 0 Å². The first-order valence-corrected chi connectivity index (χ1v) is 10.4. The van der Waals surface area contributed by atoms with Gasteiger partial charge in [0.05, 0.1) is 12.3 Å². The lowest BCUT2D eigenvalue weighted by Crippen LogP contribution is -2.60. The molecule has 1 atom stereocenters. The molecular formula is C21H17F4N3O3S. The normalized spacial score (nSPS) is 19.0. The second-order valence-corrected chi connectivity index (χ2v) is 7.91. The van der Waals surface area contributed by atoms with Gasteiger partial charge in [0, 0.05) is 11.8 Å². The molecule has 1 aliphatic rings. The van der Waals surface area contributed by atoms with Gasteiger partial charge in [-0.05, 0) is 29.3 Å². The molecule has 0 radical (unpaired) electrons. The van der Waals surface area contributed by atoms with Crippen molar-refractivity contribution >= 4 is 38.9 Å². The topological polar surface area (TPSA) is 75.0 Å². The van der Waals surface area contributed by atoms with Gasteiger partial charge in [0.2, 0.25) is 10.9 Å². The molecular weight excluding hydrogens is 450 g/mol. The van der Waals surface area contributed by atoms with E-state index in [9.17, 15) is 27.5 Å². The minimum absolute atomic E-state index is 0.0218. The van der Waals surface area contributed by atoms with E-state index in [0.29, 0.717) is 21.9 Å². The summed E-state index contributed by atoms with van der Waals surface area (Å²) in [5, 5.41) is 17.8. The molecule has 0 saturated carbocycles. The molecule has 2 aromatic carbocycles. The molecule has 0 saturated heterocycles. The summed E-state index contributed by atoms with van der Waals surface area (Å²) in [7, 11) is 0. The van der Waals surface area contributed by atoms with Crippen molar-refractivity contribution < 1.29 is 32.2 Å². The smallest absolute Gasteiger partial charge is 0.357 e. The maximum absolute atomic E-state index is 14.6. The van der Waals surface area contributed by atoms with Gasteiger partial charge in [-0.1, -0.05) is 36.4 Å². The Balaban J connectivity index is 1.79. The summed E-state index contributed by atoms with van der Waals surface area (Å²) in [6, 6.07) is 12.3. The number of alkyl halides is 4. The number of hydrazone groups is 1. The van der Waals surface area contributed by atoms with Gasteiger partial charge in [-0.2, -0.15) is 18.9 Å². The fourth-order valence-electron chi connectivity index (χ4n) is 3.37. The number of fused-ring (bicyclic) bond motifs is 1. The summed E-state index contributed by atoms with van der Waals surface area (Å²) in [5.74, 6) is -5.65. The number of benzene rings is 2. The molecule has 3 aromatic rings. The highest BCUT2D eigenvalue weighted by atomic mass is 32.1. The highest BCUT2D eigenvalue weighted by Crippen LogP contribution is 2.46. The number of rotatable bonds is 6. The molecule has 0 bridgehead atoms. The standard InChI is InChI=1S/C21H17F4N3O3S/c1-2-31-17(29)16-11-32-19(26-16)28-20(30,21(24,25)18(22)23)10-15(27-28)14-8-7-12-5-3-4-6-13(12)9-14/h3-9,11,18,30H,2,10H2,1H3/t20-/m0/s1. The van der Waals surface area contributed by atoms with Crippen LogP contribution < -0.4 is 5.01 Å². The van der Waals surface area contributed by atoms with Crippen LogP contribution in [-0.2, 0) is 4.74 Å². The van der Waals surface area contributed by atoms with Crippen molar-refractivity contribution in [3.63, 3.8) is 0 Å². The first kappa shape index (κ1) is 22.2. The third-order valence-electron chi connectivity index (χ3n) is 5.03. The zero-order valence-electron chi connectivity index (χ0n) is 16.6. The average molecular weight is 467 g/mol. The number of thiazole rings is 1. The molecule has 11 heteroatoms. The molecule has 0 amide bonds. The van der Waals surface area contributed by atoms with Gasteiger partial charge in [0.15, 0.2) is 5.69 Å². The number of carbonyl (C=O) groups is 1. The van der Waals surface area contributed by atoms with Crippen LogP contribution in [0.2, 0.25) is 0 Å². The van der Waals surface area contributed by atoms with Gasteiger partial charge < -0.3 is 9.84 Å². The highest BCUT2D eigenvalue weighted by molar-refractivity contribution is 7.14. The number of anilines is 1. The predicted molar refractivity (Wildman–Crippen MR) is 112 cm³/mol. The Bertz CT molecular complexity index is 1200. The number of ether oxygens (including phenoxy) is 1. The molecule has 2 heterocycles. The van der Waals surface area contributed by atoms with Gasteiger partial charge >= 0.3 is 18.3 Å². The first-order chi connectivity index (χ1) is 15.2. The second-order valence-electron chi connectivity index (χ2n) is 7.07. The number of aliphatic hydroxyl groups is 1. The molecule has 1 aliphatic heterocycles. The zero-order chi connectivity index (χ0) is 23.1.